The first-order valence-electron chi connectivity index (χ1n) is 8.64. The first kappa shape index (κ1) is 18.3. The van der Waals surface area contributed by atoms with Crippen molar-refractivity contribution in [2.75, 3.05) is 6.54 Å². The summed E-state index contributed by atoms with van der Waals surface area (Å²) in [7, 11) is 1.86. The van der Waals surface area contributed by atoms with Gasteiger partial charge in [-0.15, -0.1) is 11.3 Å². The normalized spacial score (nSPS) is 11.1. The molecule has 3 aromatic rings. The summed E-state index contributed by atoms with van der Waals surface area (Å²) >= 11 is 1.68. The van der Waals surface area contributed by atoms with E-state index < -0.39 is 0 Å². The van der Waals surface area contributed by atoms with Gasteiger partial charge in [0.15, 0.2) is 5.82 Å². The Balaban J connectivity index is 1.56. The molecule has 0 saturated heterocycles. The highest BCUT2D eigenvalue weighted by atomic mass is 32.1. The summed E-state index contributed by atoms with van der Waals surface area (Å²) in [5, 5.41) is 10.5. The zero-order valence-corrected chi connectivity index (χ0v) is 16.3. The van der Waals surface area contributed by atoms with Gasteiger partial charge in [0.25, 0.3) is 5.91 Å². The number of aryl methyl sites for hydroxylation is 2. The highest BCUT2D eigenvalue weighted by molar-refractivity contribution is 7.09. The maximum absolute atomic E-state index is 12.3. The van der Waals surface area contributed by atoms with Crippen molar-refractivity contribution in [3.05, 3.63) is 51.7 Å². The van der Waals surface area contributed by atoms with E-state index >= 15 is 0 Å². The van der Waals surface area contributed by atoms with Gasteiger partial charge in [0.1, 0.15) is 5.82 Å². The molecule has 0 spiro atoms. The number of amides is 1. The van der Waals surface area contributed by atoms with Crippen LogP contribution in [0.4, 0.5) is 0 Å². The molecular formula is C19H23N5OS. The van der Waals surface area contributed by atoms with Crippen LogP contribution in [0.1, 0.15) is 46.6 Å². The first-order chi connectivity index (χ1) is 12.4. The van der Waals surface area contributed by atoms with Crippen LogP contribution >= 0.6 is 11.3 Å². The van der Waals surface area contributed by atoms with Crippen molar-refractivity contribution >= 4 is 17.2 Å². The Bertz CT molecular complexity index is 876. The van der Waals surface area contributed by atoms with Gasteiger partial charge in [-0.2, -0.15) is 5.10 Å². The summed E-state index contributed by atoms with van der Waals surface area (Å²) < 4.78 is 1.74. The molecule has 26 heavy (non-hydrogen) atoms. The van der Waals surface area contributed by atoms with Crippen molar-refractivity contribution in [3.63, 3.8) is 0 Å². The van der Waals surface area contributed by atoms with Crippen molar-refractivity contribution in [3.8, 4) is 11.4 Å². The van der Waals surface area contributed by atoms with Crippen LogP contribution in [0, 0.1) is 6.92 Å². The lowest BCUT2D eigenvalue weighted by atomic mass is 10.1. The smallest absolute Gasteiger partial charge is 0.251 e. The Hall–Kier alpha value is -2.54. The zero-order valence-electron chi connectivity index (χ0n) is 15.5. The number of carbonyl (C=O) groups is 1. The second-order valence-corrected chi connectivity index (χ2v) is 7.41. The summed E-state index contributed by atoms with van der Waals surface area (Å²) in [6, 6.07) is 7.35. The van der Waals surface area contributed by atoms with Crippen molar-refractivity contribution in [2.24, 2.45) is 7.05 Å². The number of hydrogen-bond acceptors (Lipinski definition) is 5. The lowest BCUT2D eigenvalue weighted by molar-refractivity contribution is 0.0954. The van der Waals surface area contributed by atoms with E-state index in [1.165, 1.54) is 0 Å². The molecule has 136 valence electrons. The lowest BCUT2D eigenvalue weighted by Gasteiger charge is -2.05. The lowest BCUT2D eigenvalue weighted by Crippen LogP contribution is -2.25. The molecule has 0 unspecified atom stereocenters. The fraction of sp³-hybridized carbons (Fsp3) is 0.368. The van der Waals surface area contributed by atoms with Gasteiger partial charge >= 0.3 is 0 Å². The largest absolute Gasteiger partial charge is 0.352 e. The van der Waals surface area contributed by atoms with Gasteiger partial charge in [-0.3, -0.25) is 9.48 Å². The number of nitrogens with one attached hydrogen (secondary N) is 1. The minimum Gasteiger partial charge on any atom is -0.352 e. The maximum atomic E-state index is 12.3. The quantitative estimate of drug-likeness (QED) is 0.723. The van der Waals surface area contributed by atoms with Crippen molar-refractivity contribution in [1.82, 2.24) is 25.1 Å². The van der Waals surface area contributed by atoms with Gasteiger partial charge in [-0.1, -0.05) is 26.0 Å². The van der Waals surface area contributed by atoms with E-state index in [4.69, 9.17) is 0 Å². The van der Waals surface area contributed by atoms with Gasteiger partial charge in [-0.05, 0) is 19.1 Å². The van der Waals surface area contributed by atoms with Crippen LogP contribution in [0.5, 0.6) is 0 Å². The van der Waals surface area contributed by atoms with Gasteiger partial charge in [0, 0.05) is 42.4 Å². The Morgan fingerprint density at radius 3 is 2.54 bits per heavy atom. The summed E-state index contributed by atoms with van der Waals surface area (Å²) in [5.74, 6) is 1.88. The topological polar surface area (TPSA) is 72.7 Å². The SMILES string of the molecule is Cc1nc(-c2ccc(C(=O)NCCc3csc(C(C)C)n3)cc2)nn1C. The molecule has 6 nitrogen and oxygen atoms in total. The van der Waals surface area contributed by atoms with E-state index in [9.17, 15) is 4.79 Å². The standard InChI is InChI=1S/C19H23N5OS/c1-12(2)19-22-16(11-26-19)9-10-20-18(25)15-7-5-14(6-8-15)17-21-13(3)24(4)23-17/h5-8,11-12H,9-10H2,1-4H3,(H,20,25). The molecule has 1 aromatic carbocycles. The van der Waals surface area contributed by atoms with Gasteiger partial charge in [-0.25, -0.2) is 9.97 Å². The summed E-state index contributed by atoms with van der Waals surface area (Å²) in [4.78, 5) is 21.3. The van der Waals surface area contributed by atoms with Crippen LogP contribution in [0.3, 0.4) is 0 Å². The van der Waals surface area contributed by atoms with E-state index in [1.807, 2.05) is 26.1 Å². The molecule has 0 aliphatic carbocycles. The minimum absolute atomic E-state index is 0.0824. The Labute approximate surface area is 157 Å². The zero-order chi connectivity index (χ0) is 18.7. The Morgan fingerprint density at radius 1 is 1.23 bits per heavy atom. The Morgan fingerprint density at radius 2 is 1.96 bits per heavy atom. The molecule has 7 heteroatoms. The first-order valence-corrected chi connectivity index (χ1v) is 9.52. The summed E-state index contributed by atoms with van der Waals surface area (Å²) in [6.45, 7) is 6.75. The van der Waals surface area contributed by atoms with Gasteiger partial charge < -0.3 is 5.32 Å². The second kappa shape index (κ2) is 7.78. The predicted molar refractivity (Wildman–Crippen MR) is 103 cm³/mol. The number of rotatable bonds is 6. The van der Waals surface area contributed by atoms with Gasteiger partial charge in [0.05, 0.1) is 10.7 Å². The third kappa shape index (κ3) is 4.16. The molecule has 2 aromatic heterocycles. The van der Waals surface area contributed by atoms with Crippen LogP contribution < -0.4 is 5.32 Å². The monoisotopic (exact) mass is 369 g/mol. The molecular weight excluding hydrogens is 346 g/mol. The Kier molecular flexibility index (Phi) is 5.46. The fourth-order valence-corrected chi connectivity index (χ4v) is 3.33. The predicted octanol–water partition coefficient (Wildman–Crippen LogP) is 3.34. The van der Waals surface area contributed by atoms with Crippen LogP contribution in [0.25, 0.3) is 11.4 Å². The summed E-state index contributed by atoms with van der Waals surface area (Å²) in [6.07, 6.45) is 0.740. The van der Waals surface area contributed by atoms with E-state index in [-0.39, 0.29) is 5.91 Å². The molecule has 0 atom stereocenters. The highest BCUT2D eigenvalue weighted by Gasteiger charge is 2.10. The number of thiazole rings is 1. The molecule has 1 N–H and O–H groups in total. The third-order valence-corrected chi connectivity index (χ3v) is 5.31. The fourth-order valence-electron chi connectivity index (χ4n) is 2.46. The maximum Gasteiger partial charge on any atom is 0.251 e. The molecule has 1 amide bonds. The van der Waals surface area contributed by atoms with E-state index in [1.54, 1.807) is 28.2 Å². The molecule has 0 aliphatic rings. The number of carbonyl (C=O) groups excluding carboxylic acids is 1. The van der Waals surface area contributed by atoms with E-state index in [0.29, 0.717) is 23.9 Å². The van der Waals surface area contributed by atoms with E-state index in [0.717, 1.165) is 28.5 Å². The molecule has 0 fully saturated rings. The molecule has 0 saturated carbocycles. The van der Waals surface area contributed by atoms with Crippen LogP contribution in [0.15, 0.2) is 29.6 Å². The molecule has 0 radical (unpaired) electrons. The molecule has 3 rings (SSSR count). The van der Waals surface area contributed by atoms with Crippen molar-refractivity contribution in [2.45, 2.75) is 33.1 Å². The highest BCUT2D eigenvalue weighted by Crippen LogP contribution is 2.19. The van der Waals surface area contributed by atoms with Crippen LogP contribution in [0.2, 0.25) is 0 Å². The number of nitrogens with zero attached hydrogens (tertiary/aromatic N) is 4. The minimum atomic E-state index is -0.0824. The van der Waals surface area contributed by atoms with Gasteiger partial charge in [0.2, 0.25) is 0 Å². The number of hydrogen-bond donors (Lipinski definition) is 1. The van der Waals surface area contributed by atoms with Crippen molar-refractivity contribution in [1.29, 1.82) is 0 Å². The summed E-state index contributed by atoms with van der Waals surface area (Å²) in [5.41, 5.74) is 2.56. The number of benzene rings is 1. The third-order valence-electron chi connectivity index (χ3n) is 4.12. The van der Waals surface area contributed by atoms with Crippen LogP contribution in [-0.2, 0) is 13.5 Å². The van der Waals surface area contributed by atoms with E-state index in [2.05, 4.69) is 39.6 Å². The number of aromatic nitrogens is 4. The molecule has 0 bridgehead atoms. The molecule has 2 heterocycles. The molecule has 0 aliphatic heterocycles. The van der Waals surface area contributed by atoms with Crippen LogP contribution in [-0.4, -0.2) is 32.2 Å². The average molecular weight is 369 g/mol. The average Bonchev–Trinajstić information content (AvgIpc) is 3.22. The van der Waals surface area contributed by atoms with Crippen molar-refractivity contribution < 1.29 is 4.79 Å². The second-order valence-electron chi connectivity index (χ2n) is 6.52.